The number of fused-ring (bicyclic) bond motifs is 3. The van der Waals surface area contributed by atoms with Crippen LogP contribution in [0, 0.1) is 13.8 Å². The van der Waals surface area contributed by atoms with Crippen LogP contribution in [0.5, 0.6) is 0 Å². The van der Waals surface area contributed by atoms with Crippen molar-refractivity contribution >= 4 is 44.3 Å². The fourth-order valence-corrected chi connectivity index (χ4v) is 6.49. The molecule has 0 aliphatic heterocycles. The lowest BCUT2D eigenvalue weighted by Gasteiger charge is -2.23. The van der Waals surface area contributed by atoms with Crippen LogP contribution < -0.4 is 10.4 Å². The van der Waals surface area contributed by atoms with Crippen LogP contribution in [0.25, 0.3) is 44.3 Å². The molecule has 38 heavy (non-hydrogen) atoms. The predicted molar refractivity (Wildman–Crippen MR) is 162 cm³/mol. The Hall–Kier alpha value is -4.23. The van der Waals surface area contributed by atoms with Gasteiger partial charge in [-0.05, 0) is 123 Å². The van der Waals surface area contributed by atoms with Crippen molar-refractivity contribution in [1.29, 1.82) is 0 Å². The Morgan fingerprint density at radius 3 is 2.00 bits per heavy atom. The second-order valence-corrected chi connectivity index (χ2v) is 10.7. The van der Waals surface area contributed by atoms with Gasteiger partial charge in [0.15, 0.2) is 0 Å². The van der Waals surface area contributed by atoms with Crippen molar-refractivity contribution in [2.24, 2.45) is 0 Å². The summed E-state index contributed by atoms with van der Waals surface area (Å²) in [6, 6.07) is 29.2. The highest BCUT2D eigenvalue weighted by molar-refractivity contribution is 6.16. The summed E-state index contributed by atoms with van der Waals surface area (Å²) in [5, 5.41) is 8.21. The molecule has 1 heterocycles. The minimum atomic E-state index is 1.03. The number of aromatic nitrogens is 1. The Labute approximate surface area is 224 Å². The van der Waals surface area contributed by atoms with E-state index in [9.17, 15) is 0 Å². The van der Waals surface area contributed by atoms with Gasteiger partial charge in [-0.3, -0.25) is 4.98 Å². The Balaban J connectivity index is 1.55. The molecule has 0 fully saturated rings. The highest BCUT2D eigenvalue weighted by atomic mass is 14.7. The molecule has 0 saturated heterocycles. The number of nitrogens with zero attached hydrogens (tertiary/aromatic N) is 1. The number of aryl methyl sites for hydroxylation is 2. The molecular formula is C37H31N. The summed E-state index contributed by atoms with van der Waals surface area (Å²) in [5.74, 6) is 0. The SMILES string of the molecule is Cc1ccc(C2=CCCC(c3c4ccccc4c(C4=c5cccc(C)c5=CCC4)c4ccccc34)=C2)nc1. The van der Waals surface area contributed by atoms with Crippen LogP contribution in [0.1, 0.15) is 53.6 Å². The van der Waals surface area contributed by atoms with Crippen LogP contribution in [0.2, 0.25) is 0 Å². The molecule has 0 unspecified atom stereocenters. The standard InChI is InChI=1S/C37H31N/c1-24-20-21-35(38-23-24)26-11-8-12-27(22-26)36-31-13-3-5-15-33(31)37(34-16-6-4-14-32(34)36)30-19-9-17-28-25(2)10-7-18-29(28)30/h3-7,10-11,13-18,20-23H,8-9,12,19H2,1-2H3. The van der Waals surface area contributed by atoms with Gasteiger partial charge in [0.1, 0.15) is 0 Å². The highest BCUT2D eigenvalue weighted by Gasteiger charge is 2.21. The van der Waals surface area contributed by atoms with Gasteiger partial charge in [0.2, 0.25) is 0 Å². The molecule has 0 atom stereocenters. The smallest absolute Gasteiger partial charge is 0.0699 e. The number of allylic oxidation sites excluding steroid dienone is 4. The number of hydrogen-bond donors (Lipinski definition) is 0. The van der Waals surface area contributed by atoms with Crippen molar-refractivity contribution in [3.63, 3.8) is 0 Å². The topological polar surface area (TPSA) is 12.9 Å². The van der Waals surface area contributed by atoms with E-state index >= 15 is 0 Å². The Bertz CT molecular complexity index is 1860. The molecule has 184 valence electrons. The lowest BCUT2D eigenvalue weighted by Crippen LogP contribution is -2.32. The van der Waals surface area contributed by atoms with Gasteiger partial charge >= 0.3 is 0 Å². The number of hydrogen-bond acceptors (Lipinski definition) is 1. The molecule has 1 nitrogen and oxygen atoms in total. The minimum absolute atomic E-state index is 1.03. The third kappa shape index (κ3) is 3.73. The van der Waals surface area contributed by atoms with E-state index in [1.807, 2.05) is 6.20 Å². The summed E-state index contributed by atoms with van der Waals surface area (Å²) in [4.78, 5) is 4.74. The summed E-state index contributed by atoms with van der Waals surface area (Å²) in [7, 11) is 0. The van der Waals surface area contributed by atoms with Crippen molar-refractivity contribution < 1.29 is 0 Å². The molecule has 2 aliphatic rings. The number of benzene rings is 4. The van der Waals surface area contributed by atoms with E-state index in [0.29, 0.717) is 0 Å². The molecule has 0 radical (unpaired) electrons. The molecular weight excluding hydrogens is 458 g/mol. The van der Waals surface area contributed by atoms with Gasteiger partial charge in [-0.1, -0.05) is 84.9 Å². The van der Waals surface area contributed by atoms with Crippen LogP contribution in [0.3, 0.4) is 0 Å². The Kier molecular flexibility index (Phi) is 5.59. The van der Waals surface area contributed by atoms with Crippen LogP contribution in [0.15, 0.2) is 97.2 Å². The third-order valence-electron chi connectivity index (χ3n) is 8.26. The first-order chi connectivity index (χ1) is 18.7. The fourth-order valence-electron chi connectivity index (χ4n) is 6.49. The second-order valence-electron chi connectivity index (χ2n) is 10.7. The maximum Gasteiger partial charge on any atom is 0.0699 e. The maximum atomic E-state index is 4.74. The fraction of sp³-hybridized carbons (Fsp3) is 0.162. The summed E-state index contributed by atoms with van der Waals surface area (Å²) >= 11 is 0. The zero-order valence-corrected chi connectivity index (χ0v) is 22.1. The number of rotatable bonds is 3. The van der Waals surface area contributed by atoms with E-state index in [1.54, 1.807) is 0 Å². The molecule has 0 amide bonds. The Morgan fingerprint density at radius 1 is 0.632 bits per heavy atom. The number of pyridine rings is 1. The van der Waals surface area contributed by atoms with Crippen molar-refractivity contribution in [1.82, 2.24) is 4.98 Å². The molecule has 7 rings (SSSR count). The van der Waals surface area contributed by atoms with Crippen LogP contribution in [0.4, 0.5) is 0 Å². The van der Waals surface area contributed by atoms with Crippen molar-refractivity contribution in [2.75, 3.05) is 0 Å². The van der Waals surface area contributed by atoms with Gasteiger partial charge < -0.3 is 0 Å². The van der Waals surface area contributed by atoms with Gasteiger partial charge in [-0.15, -0.1) is 0 Å². The Morgan fingerprint density at radius 2 is 1.32 bits per heavy atom. The third-order valence-corrected chi connectivity index (χ3v) is 8.26. The largest absolute Gasteiger partial charge is 0.256 e. The molecule has 2 aliphatic carbocycles. The van der Waals surface area contributed by atoms with Crippen LogP contribution in [-0.2, 0) is 0 Å². The first kappa shape index (κ1) is 22.9. The molecule has 5 aromatic rings. The predicted octanol–water partition coefficient (Wildman–Crippen LogP) is 8.04. The van der Waals surface area contributed by atoms with Crippen molar-refractivity contribution in [3.05, 3.63) is 136 Å². The molecule has 4 aromatic carbocycles. The van der Waals surface area contributed by atoms with Crippen LogP contribution >= 0.6 is 0 Å². The van der Waals surface area contributed by atoms with E-state index < -0.39 is 0 Å². The van der Waals surface area contributed by atoms with E-state index in [0.717, 1.165) is 31.4 Å². The van der Waals surface area contributed by atoms with E-state index in [4.69, 9.17) is 4.98 Å². The lowest BCUT2D eigenvalue weighted by atomic mass is 9.81. The van der Waals surface area contributed by atoms with Crippen molar-refractivity contribution in [2.45, 2.75) is 39.5 Å². The van der Waals surface area contributed by atoms with Gasteiger partial charge in [-0.25, -0.2) is 0 Å². The first-order valence-electron chi connectivity index (χ1n) is 13.8. The summed E-state index contributed by atoms with van der Waals surface area (Å²) in [5.41, 5.74) is 10.5. The summed E-state index contributed by atoms with van der Waals surface area (Å²) in [6.07, 6.45) is 13.3. The normalized spacial score (nSPS) is 15.2. The second kappa shape index (κ2) is 9.26. The minimum Gasteiger partial charge on any atom is -0.256 e. The molecule has 0 spiro atoms. The average Bonchev–Trinajstić information content (AvgIpc) is 2.96. The van der Waals surface area contributed by atoms with E-state index in [2.05, 4.69) is 111 Å². The molecule has 0 saturated carbocycles. The van der Waals surface area contributed by atoms with Gasteiger partial charge in [0.25, 0.3) is 0 Å². The zero-order valence-electron chi connectivity index (χ0n) is 22.1. The van der Waals surface area contributed by atoms with Gasteiger partial charge in [0.05, 0.1) is 5.69 Å². The zero-order chi connectivity index (χ0) is 25.6. The average molecular weight is 490 g/mol. The lowest BCUT2D eigenvalue weighted by molar-refractivity contribution is 1.06. The first-order valence-corrected chi connectivity index (χ1v) is 13.8. The summed E-state index contributed by atoms with van der Waals surface area (Å²) in [6.45, 7) is 4.33. The highest BCUT2D eigenvalue weighted by Crippen LogP contribution is 2.43. The molecule has 0 bridgehead atoms. The molecule has 0 N–H and O–H groups in total. The maximum absolute atomic E-state index is 4.74. The van der Waals surface area contributed by atoms with E-state index in [1.165, 1.54) is 71.0 Å². The molecule has 1 heteroatoms. The molecule has 1 aromatic heterocycles. The quantitative estimate of drug-likeness (QED) is 0.234. The van der Waals surface area contributed by atoms with Crippen molar-refractivity contribution in [3.8, 4) is 0 Å². The van der Waals surface area contributed by atoms with E-state index in [-0.39, 0.29) is 0 Å². The summed E-state index contributed by atoms with van der Waals surface area (Å²) < 4.78 is 0. The van der Waals surface area contributed by atoms with Gasteiger partial charge in [-0.2, -0.15) is 0 Å². The van der Waals surface area contributed by atoms with Crippen LogP contribution in [-0.4, -0.2) is 4.98 Å². The van der Waals surface area contributed by atoms with Gasteiger partial charge in [0, 0.05) is 6.20 Å². The monoisotopic (exact) mass is 489 g/mol.